The van der Waals surface area contributed by atoms with Gasteiger partial charge in [-0.25, -0.2) is 9.97 Å². The molecule has 0 aromatic carbocycles. The Morgan fingerprint density at radius 3 is 2.61 bits per heavy atom. The molecule has 2 aromatic rings. The number of aromatic nitrogens is 3. The average molecular weight is 388 g/mol. The molecule has 148 valence electrons. The van der Waals surface area contributed by atoms with Crippen molar-refractivity contribution >= 4 is 18.3 Å². The second kappa shape index (κ2) is 9.51. The Hall–Kier alpha value is -3.40. The average Bonchev–Trinajstić information content (AvgIpc) is 2.69. The molecule has 3 N–H and O–H groups in total. The van der Waals surface area contributed by atoms with Gasteiger partial charge in [0.2, 0.25) is 0 Å². The van der Waals surface area contributed by atoms with Gasteiger partial charge in [0.1, 0.15) is 5.92 Å². The highest BCUT2D eigenvalue weighted by Gasteiger charge is 2.35. The molecule has 0 saturated carbocycles. The number of carboxylic acid groups (broad SMARTS) is 2. The summed E-state index contributed by atoms with van der Waals surface area (Å²) in [6.07, 6.45) is 4.04. The van der Waals surface area contributed by atoms with Crippen molar-refractivity contribution in [2.24, 2.45) is 5.92 Å². The van der Waals surface area contributed by atoms with E-state index in [2.05, 4.69) is 15.0 Å². The molecule has 2 atom stereocenters. The van der Waals surface area contributed by atoms with Crippen LogP contribution < -0.4 is 0 Å². The van der Waals surface area contributed by atoms with Gasteiger partial charge in [0.05, 0.1) is 17.4 Å². The van der Waals surface area contributed by atoms with E-state index in [9.17, 15) is 14.7 Å². The first-order valence-corrected chi connectivity index (χ1v) is 8.41. The van der Waals surface area contributed by atoms with E-state index in [0.717, 1.165) is 5.56 Å². The molecule has 28 heavy (non-hydrogen) atoms. The molecule has 3 rings (SSSR count). The van der Waals surface area contributed by atoms with Crippen LogP contribution in [0.4, 0.5) is 0 Å². The molecule has 0 radical (unpaired) electrons. The highest BCUT2D eigenvalue weighted by molar-refractivity contribution is 5.95. The van der Waals surface area contributed by atoms with Crippen LogP contribution >= 0.6 is 0 Å². The first-order chi connectivity index (χ1) is 13.4. The van der Waals surface area contributed by atoms with Crippen LogP contribution in [0.3, 0.4) is 0 Å². The van der Waals surface area contributed by atoms with Gasteiger partial charge in [-0.05, 0) is 25.5 Å². The van der Waals surface area contributed by atoms with E-state index in [1.165, 1.54) is 11.1 Å². The molecule has 10 heteroatoms. The molecule has 1 saturated heterocycles. The SMILES string of the molecule is Cc1nc(-c2cccnc2)ncc1C(=O)N1CC[C@H](O)[C@H](C(=O)O)C1.O=CO. The summed E-state index contributed by atoms with van der Waals surface area (Å²) < 4.78 is 0. The molecule has 2 aromatic heterocycles. The zero-order valence-electron chi connectivity index (χ0n) is 15.1. The lowest BCUT2D eigenvalue weighted by atomic mass is 9.94. The van der Waals surface area contributed by atoms with Crippen molar-refractivity contribution in [3.8, 4) is 11.4 Å². The Balaban J connectivity index is 0.000000878. The minimum Gasteiger partial charge on any atom is -0.483 e. The van der Waals surface area contributed by atoms with Crippen molar-refractivity contribution in [3.63, 3.8) is 0 Å². The van der Waals surface area contributed by atoms with Gasteiger partial charge < -0.3 is 20.2 Å². The number of aliphatic carboxylic acids is 1. The standard InChI is InChI=1S/C17H18N4O4.CH2O2/c1-10-12(8-19-15(20-10)11-3-2-5-18-7-11)16(23)21-6-4-14(22)13(9-21)17(24)25;2-1-3/h2-3,5,7-8,13-14,22H,4,6,9H2,1H3,(H,24,25);1H,(H,2,3)/t13-,14+;/m1./s1. The quantitative estimate of drug-likeness (QED) is 0.636. The topological polar surface area (TPSA) is 154 Å². The van der Waals surface area contributed by atoms with Crippen molar-refractivity contribution in [2.45, 2.75) is 19.4 Å². The first-order valence-electron chi connectivity index (χ1n) is 8.41. The summed E-state index contributed by atoms with van der Waals surface area (Å²) in [7, 11) is 0. The van der Waals surface area contributed by atoms with Crippen LogP contribution in [0, 0.1) is 12.8 Å². The number of aliphatic hydroxyl groups is 1. The maximum absolute atomic E-state index is 12.7. The number of pyridine rings is 1. The summed E-state index contributed by atoms with van der Waals surface area (Å²) in [6, 6.07) is 3.60. The van der Waals surface area contributed by atoms with Gasteiger partial charge in [-0.2, -0.15) is 0 Å². The number of rotatable bonds is 3. The zero-order valence-corrected chi connectivity index (χ0v) is 15.1. The largest absolute Gasteiger partial charge is 0.483 e. The van der Waals surface area contributed by atoms with Gasteiger partial charge in [-0.3, -0.25) is 19.4 Å². The Labute approximate surface area is 160 Å². The van der Waals surface area contributed by atoms with E-state index in [1.807, 2.05) is 6.07 Å². The molecule has 1 aliphatic heterocycles. The van der Waals surface area contributed by atoms with Gasteiger partial charge in [0, 0.05) is 37.2 Å². The van der Waals surface area contributed by atoms with Crippen molar-refractivity contribution in [2.75, 3.05) is 13.1 Å². The molecule has 0 unspecified atom stereocenters. The van der Waals surface area contributed by atoms with Crippen molar-refractivity contribution in [3.05, 3.63) is 42.0 Å². The highest BCUT2D eigenvalue weighted by Crippen LogP contribution is 2.21. The third kappa shape index (κ3) is 4.86. The summed E-state index contributed by atoms with van der Waals surface area (Å²) in [5.41, 5.74) is 1.58. The van der Waals surface area contributed by atoms with Crippen LogP contribution in [0.5, 0.6) is 0 Å². The van der Waals surface area contributed by atoms with Crippen LogP contribution in [0.1, 0.15) is 22.5 Å². The lowest BCUT2D eigenvalue weighted by Crippen LogP contribution is -2.48. The predicted molar refractivity (Wildman–Crippen MR) is 96.3 cm³/mol. The molecule has 1 amide bonds. The predicted octanol–water partition coefficient (Wildman–Crippen LogP) is 0.455. The summed E-state index contributed by atoms with van der Waals surface area (Å²) in [4.78, 5) is 46.3. The fraction of sp³-hybridized carbons (Fsp3) is 0.333. The summed E-state index contributed by atoms with van der Waals surface area (Å²) in [5.74, 6) is -1.94. The number of nitrogens with zero attached hydrogens (tertiary/aromatic N) is 4. The highest BCUT2D eigenvalue weighted by atomic mass is 16.4. The number of likely N-dealkylation sites (tertiary alicyclic amines) is 1. The Morgan fingerprint density at radius 2 is 2.04 bits per heavy atom. The Morgan fingerprint density at radius 1 is 1.32 bits per heavy atom. The number of aliphatic hydroxyl groups excluding tert-OH is 1. The van der Waals surface area contributed by atoms with Crippen LogP contribution in [-0.2, 0) is 9.59 Å². The zero-order chi connectivity index (χ0) is 20.7. The van der Waals surface area contributed by atoms with E-state index < -0.39 is 18.0 Å². The molecule has 1 fully saturated rings. The number of amides is 1. The lowest BCUT2D eigenvalue weighted by Gasteiger charge is -2.34. The first kappa shape index (κ1) is 20.9. The number of hydrogen-bond acceptors (Lipinski definition) is 7. The number of carbonyl (C=O) groups excluding carboxylic acids is 1. The maximum atomic E-state index is 12.7. The molecule has 0 bridgehead atoms. The fourth-order valence-corrected chi connectivity index (χ4v) is 2.85. The number of piperidine rings is 1. The van der Waals surface area contributed by atoms with Crippen molar-refractivity contribution in [1.82, 2.24) is 19.9 Å². The molecule has 1 aliphatic rings. The molecular weight excluding hydrogens is 368 g/mol. The normalized spacial score (nSPS) is 18.6. The molecule has 10 nitrogen and oxygen atoms in total. The third-order valence-corrected chi connectivity index (χ3v) is 4.31. The summed E-state index contributed by atoms with van der Waals surface area (Å²) in [5, 5.41) is 25.8. The number of aryl methyl sites for hydroxylation is 1. The Kier molecular flexibility index (Phi) is 7.10. The minimum atomic E-state index is -1.11. The van der Waals surface area contributed by atoms with Crippen LogP contribution in [0.2, 0.25) is 0 Å². The van der Waals surface area contributed by atoms with Gasteiger partial charge in [0.25, 0.3) is 12.4 Å². The summed E-state index contributed by atoms with van der Waals surface area (Å²) >= 11 is 0. The molecule has 3 heterocycles. The number of hydrogen-bond donors (Lipinski definition) is 3. The Bertz CT molecular complexity index is 845. The van der Waals surface area contributed by atoms with Gasteiger partial charge >= 0.3 is 5.97 Å². The van der Waals surface area contributed by atoms with E-state index in [4.69, 9.17) is 15.0 Å². The van der Waals surface area contributed by atoms with E-state index in [-0.39, 0.29) is 25.3 Å². The monoisotopic (exact) mass is 388 g/mol. The fourth-order valence-electron chi connectivity index (χ4n) is 2.85. The number of carboxylic acids is 1. The van der Waals surface area contributed by atoms with Gasteiger partial charge in [0.15, 0.2) is 5.82 Å². The van der Waals surface area contributed by atoms with Gasteiger partial charge in [-0.15, -0.1) is 0 Å². The van der Waals surface area contributed by atoms with E-state index in [1.54, 1.807) is 25.4 Å². The molecule has 0 aliphatic carbocycles. The lowest BCUT2D eigenvalue weighted by molar-refractivity contribution is -0.148. The second-order valence-corrected chi connectivity index (χ2v) is 6.09. The van der Waals surface area contributed by atoms with Crippen LogP contribution in [0.15, 0.2) is 30.7 Å². The summed E-state index contributed by atoms with van der Waals surface area (Å²) in [6.45, 7) is 1.73. The van der Waals surface area contributed by atoms with Gasteiger partial charge in [-0.1, -0.05) is 0 Å². The second-order valence-electron chi connectivity index (χ2n) is 6.09. The minimum absolute atomic E-state index is 0.0286. The van der Waals surface area contributed by atoms with Crippen molar-refractivity contribution in [1.29, 1.82) is 0 Å². The van der Waals surface area contributed by atoms with Crippen LogP contribution in [0.25, 0.3) is 11.4 Å². The number of carbonyl (C=O) groups is 3. The molecule has 0 spiro atoms. The van der Waals surface area contributed by atoms with Crippen LogP contribution in [-0.4, -0.2) is 72.7 Å². The third-order valence-electron chi connectivity index (χ3n) is 4.31. The van der Waals surface area contributed by atoms with Crippen molar-refractivity contribution < 1.29 is 29.7 Å². The van der Waals surface area contributed by atoms with E-state index in [0.29, 0.717) is 23.6 Å². The smallest absolute Gasteiger partial charge is 0.310 e. The van der Waals surface area contributed by atoms with E-state index >= 15 is 0 Å². The molecular formula is C18H20N4O6. The maximum Gasteiger partial charge on any atom is 0.310 e.